The number of nitrogens with two attached hydrogens (primary N) is 1. The van der Waals surface area contributed by atoms with Gasteiger partial charge in [-0.15, -0.1) is 10.2 Å². The average Bonchev–Trinajstić information content (AvgIpc) is 4.11. The zero-order valence-electron chi connectivity index (χ0n) is 41.9. The molecule has 0 saturated heterocycles. The van der Waals surface area contributed by atoms with E-state index in [2.05, 4.69) is 25.8 Å². The van der Waals surface area contributed by atoms with E-state index in [4.69, 9.17) is 14.8 Å². The lowest BCUT2D eigenvalue weighted by atomic mass is 9.92. The summed E-state index contributed by atoms with van der Waals surface area (Å²) in [5.41, 5.74) is 6.17. The van der Waals surface area contributed by atoms with Gasteiger partial charge < -0.3 is 20.1 Å². The van der Waals surface area contributed by atoms with Crippen molar-refractivity contribution >= 4 is 60.6 Å². The van der Waals surface area contributed by atoms with E-state index in [1.54, 1.807) is 13.8 Å². The number of halogens is 3. The van der Waals surface area contributed by atoms with Crippen molar-refractivity contribution in [3.63, 3.8) is 0 Å². The fraction of sp³-hybridized carbons (Fsp3) is 0.396. The summed E-state index contributed by atoms with van der Waals surface area (Å²) < 4.78 is 109. The predicted molar refractivity (Wildman–Crippen MR) is 274 cm³/mol. The van der Waals surface area contributed by atoms with Crippen LogP contribution in [0.15, 0.2) is 109 Å². The second-order valence-corrected chi connectivity index (χ2v) is 28.6. The van der Waals surface area contributed by atoms with Crippen LogP contribution in [0.2, 0.25) is 0 Å². The minimum atomic E-state index is -3.59. The number of rotatable bonds is 14. The van der Waals surface area contributed by atoms with Crippen LogP contribution in [0.5, 0.6) is 0 Å². The maximum Gasteiger partial charge on any atom is 0.290 e. The molecule has 72 heavy (non-hydrogen) atoms. The summed E-state index contributed by atoms with van der Waals surface area (Å²) in [4.78, 5) is 36.9. The summed E-state index contributed by atoms with van der Waals surface area (Å²) in [6, 6.07) is 17.8. The molecular weight excluding hydrogens is 1020 g/mol. The van der Waals surface area contributed by atoms with Crippen molar-refractivity contribution in [3.05, 3.63) is 125 Å². The van der Waals surface area contributed by atoms with E-state index in [9.17, 15) is 54.9 Å². The number of nitrogens with zero attached hydrogens (tertiary/aromatic N) is 4. The first-order valence-electron chi connectivity index (χ1n) is 21.9. The first kappa shape index (κ1) is 59.6. The van der Waals surface area contributed by atoms with E-state index in [0.717, 1.165) is 30.0 Å². The molecule has 0 spiro atoms. The number of nitrogens with one attached hydrogen (secondary N) is 1. The lowest BCUT2D eigenvalue weighted by molar-refractivity contribution is -0.120. The highest BCUT2D eigenvalue weighted by Gasteiger charge is 2.44. The second kappa shape index (κ2) is 22.2. The molecule has 0 unspecified atom stereocenters. The summed E-state index contributed by atoms with van der Waals surface area (Å²) in [6.45, 7) is 20.0. The Morgan fingerprint density at radius 1 is 0.583 bits per heavy atom. The van der Waals surface area contributed by atoms with E-state index in [-0.39, 0.29) is 37.8 Å². The summed E-state index contributed by atoms with van der Waals surface area (Å²) in [6.07, 6.45) is 0. The number of hydrogen-bond acceptors (Lipinski definition) is 17. The third-order valence-corrected chi connectivity index (χ3v) is 20.5. The Morgan fingerprint density at radius 3 is 1.36 bits per heavy atom. The van der Waals surface area contributed by atoms with Crippen molar-refractivity contribution in [2.45, 2.75) is 123 Å². The van der Waals surface area contributed by atoms with E-state index in [0.29, 0.717) is 21.5 Å². The molecule has 0 aliphatic rings. The van der Waals surface area contributed by atoms with Crippen LogP contribution < -0.4 is 11.1 Å². The maximum atomic E-state index is 13.2. The SMILES string of the molecule is CC(C)(C(=O)CN)S(O)(O)c1ccc(F)cc1.CC(C)(C)c1cc(-c2nnc(C(C)(C)S(O)(O)c3ccc(F)cc3)s2)on1.CC(C)(C)c1cc(C(=O)NCC(=O)C(C)(C)S(O)(O)c2ccc(F)cc2)on1. The zero-order valence-corrected chi connectivity index (χ0v) is 45.1. The average molecular weight is 1090 g/mol. The molecule has 9 N–H and O–H groups in total. The molecule has 3 aromatic carbocycles. The van der Waals surface area contributed by atoms with Gasteiger partial charge in [0, 0.05) is 23.0 Å². The van der Waals surface area contributed by atoms with E-state index >= 15 is 0 Å². The topological polar surface area (TPSA) is 288 Å². The van der Waals surface area contributed by atoms with Gasteiger partial charge in [-0.3, -0.25) is 41.7 Å². The van der Waals surface area contributed by atoms with Crippen molar-refractivity contribution in [2.24, 2.45) is 5.73 Å². The summed E-state index contributed by atoms with van der Waals surface area (Å²) in [5.74, 6) is -2.69. The second-order valence-electron chi connectivity index (χ2n) is 19.8. The fourth-order valence-electron chi connectivity index (χ4n) is 5.93. The lowest BCUT2D eigenvalue weighted by Crippen LogP contribution is -2.44. The molecule has 0 atom stereocenters. The number of carbonyl (C=O) groups excluding carboxylic acids is 3. The lowest BCUT2D eigenvalue weighted by Gasteiger charge is -2.45. The standard InChI is InChI=1S/C19H25FN2O5S.C18H22FN3O3S2.C11H16FNO3S/c1-18(2,3)15-10-14(27-22-15)17(24)21-11-16(23)19(4,5)28(25,26)13-8-6-12(20)7-9-13;1-17(2,3)14-10-13(25-22-14)15-20-21-16(26-15)18(4,5)27(23,24)12-8-6-11(19)7-9-12;1-11(2,10(14)7-13)17(15,16)9-5-3-8(12)4-6-9/h6-10,25-26H,11H2,1-5H3,(H,21,24);6-10,23-24H,1-5H3;3-6,15-16H,7,13H2,1-2H3. The van der Waals surface area contributed by atoms with Crippen molar-refractivity contribution in [2.75, 3.05) is 13.1 Å². The minimum absolute atomic E-state index is 0.0410. The van der Waals surface area contributed by atoms with Crippen LogP contribution in [0.1, 0.15) is 110 Å². The van der Waals surface area contributed by atoms with E-state index in [1.807, 2.05) is 47.6 Å². The largest absolute Gasteiger partial charge is 0.353 e. The highest BCUT2D eigenvalue weighted by molar-refractivity contribution is 8.26. The quantitative estimate of drug-likeness (QED) is 0.0503. The van der Waals surface area contributed by atoms with Crippen LogP contribution in [0.3, 0.4) is 0 Å². The highest BCUT2D eigenvalue weighted by Crippen LogP contribution is 2.64. The number of amides is 1. The third-order valence-electron chi connectivity index (χ3n) is 11.4. The molecule has 396 valence electrons. The van der Waals surface area contributed by atoms with Gasteiger partial charge in [-0.1, -0.05) is 63.2 Å². The predicted octanol–water partition coefficient (Wildman–Crippen LogP) is 11.9. The van der Waals surface area contributed by atoms with Gasteiger partial charge in [0.15, 0.2) is 22.3 Å². The maximum absolute atomic E-state index is 13.2. The summed E-state index contributed by atoms with van der Waals surface area (Å²) in [7, 11) is -10.2. The van der Waals surface area contributed by atoms with Gasteiger partial charge in [0.25, 0.3) is 5.91 Å². The molecule has 6 rings (SSSR count). The number of ketones is 2. The Hall–Kier alpha value is -4.99. The number of aromatic nitrogens is 4. The minimum Gasteiger partial charge on any atom is -0.353 e. The van der Waals surface area contributed by atoms with Crippen LogP contribution in [-0.2, 0) is 25.2 Å². The Kier molecular flexibility index (Phi) is 18.4. The molecular formula is C48H63F3N6O11S4. The molecule has 0 aliphatic heterocycles. The molecule has 6 aromatic rings. The fourth-order valence-corrected chi connectivity index (χ4v) is 11.6. The normalized spacial score (nSPS) is 13.5. The molecule has 17 nitrogen and oxygen atoms in total. The van der Waals surface area contributed by atoms with Crippen LogP contribution in [0.4, 0.5) is 13.2 Å². The number of hydrogen-bond donors (Lipinski definition) is 8. The smallest absolute Gasteiger partial charge is 0.290 e. The third kappa shape index (κ3) is 13.2. The molecule has 0 bridgehead atoms. The first-order valence-corrected chi connectivity index (χ1v) is 27.3. The van der Waals surface area contributed by atoms with Gasteiger partial charge in [0.1, 0.15) is 36.7 Å². The Morgan fingerprint density at radius 2 is 0.972 bits per heavy atom. The van der Waals surface area contributed by atoms with E-state index < -0.39 is 87.5 Å². The van der Waals surface area contributed by atoms with Crippen LogP contribution in [0, 0.1) is 17.5 Å². The van der Waals surface area contributed by atoms with Gasteiger partial charge in [0.05, 0.1) is 39.2 Å². The van der Waals surface area contributed by atoms with Gasteiger partial charge in [0.2, 0.25) is 5.76 Å². The first-order chi connectivity index (χ1) is 32.9. The summed E-state index contributed by atoms with van der Waals surface area (Å²) in [5, 5.41) is 19.6. The van der Waals surface area contributed by atoms with Crippen LogP contribution in [-0.4, -0.2) is 87.9 Å². The number of carbonyl (C=O) groups is 3. The monoisotopic (exact) mass is 1080 g/mol. The summed E-state index contributed by atoms with van der Waals surface area (Å²) >= 11 is 1.21. The molecule has 24 heteroatoms. The van der Waals surface area contributed by atoms with Gasteiger partial charge in [-0.25, -0.2) is 13.2 Å². The molecule has 3 aromatic heterocycles. The molecule has 0 fully saturated rings. The molecule has 0 aliphatic carbocycles. The van der Waals surface area contributed by atoms with Crippen molar-refractivity contribution in [1.29, 1.82) is 0 Å². The van der Waals surface area contributed by atoms with Gasteiger partial charge in [-0.05, 0) is 114 Å². The van der Waals surface area contributed by atoms with E-state index in [1.165, 1.54) is 93.6 Å². The van der Waals surface area contributed by atoms with Crippen molar-refractivity contribution in [1.82, 2.24) is 25.8 Å². The number of Topliss-reactive ketones (excluding diaryl/α,β-unsaturated/α-hetero) is 2. The number of benzene rings is 3. The van der Waals surface area contributed by atoms with Gasteiger partial charge in [-0.2, -0.15) is 31.8 Å². The van der Waals surface area contributed by atoms with Crippen molar-refractivity contribution < 1.29 is 63.9 Å². The van der Waals surface area contributed by atoms with Crippen molar-refractivity contribution in [3.8, 4) is 10.8 Å². The van der Waals surface area contributed by atoms with Crippen LogP contribution >= 0.6 is 43.1 Å². The molecule has 1 amide bonds. The van der Waals surface area contributed by atoms with Crippen LogP contribution in [0.25, 0.3) is 10.8 Å². The molecule has 0 saturated carbocycles. The zero-order chi connectivity index (χ0) is 54.6. The Bertz CT molecular complexity index is 2820. The molecule has 0 radical (unpaired) electrons. The Labute approximate surface area is 425 Å². The van der Waals surface area contributed by atoms with Gasteiger partial charge >= 0.3 is 0 Å². The highest BCUT2D eigenvalue weighted by atomic mass is 32.3. The Balaban J connectivity index is 0.000000242. The molecule has 3 heterocycles.